The van der Waals surface area contributed by atoms with Crippen molar-refractivity contribution in [3.05, 3.63) is 120 Å². The van der Waals surface area contributed by atoms with Crippen LogP contribution in [0.5, 0.6) is 11.5 Å². The largest absolute Gasteiger partial charge is 0.497 e. The third-order valence-electron chi connectivity index (χ3n) is 7.85. The fourth-order valence-electron chi connectivity index (χ4n) is 5.03. The number of nitrogens with zero attached hydrogens (tertiary/aromatic N) is 2. The van der Waals surface area contributed by atoms with Crippen LogP contribution in [0.2, 0.25) is 0 Å². The Balaban J connectivity index is 1.84. The molecule has 0 aliphatic rings. The Labute approximate surface area is 276 Å². The first-order valence-electron chi connectivity index (χ1n) is 15.3. The number of carbonyl (C=O) groups is 2. The highest BCUT2D eigenvalue weighted by molar-refractivity contribution is 7.92. The number of ether oxygens (including phenoxy) is 2. The van der Waals surface area contributed by atoms with Gasteiger partial charge in [-0.1, -0.05) is 67.6 Å². The number of methoxy groups -OCH3 is 2. The van der Waals surface area contributed by atoms with Crippen molar-refractivity contribution < 1.29 is 31.9 Å². The molecule has 9 nitrogen and oxygen atoms in total. The van der Waals surface area contributed by atoms with Gasteiger partial charge in [0.2, 0.25) is 11.8 Å². The number of hydrogen-bond donors (Lipinski definition) is 1. The molecule has 0 aliphatic heterocycles. The highest BCUT2D eigenvalue weighted by Crippen LogP contribution is 2.33. The number of nitrogens with one attached hydrogen (secondary N) is 1. The van der Waals surface area contributed by atoms with Crippen LogP contribution in [0.1, 0.15) is 31.4 Å². The molecule has 0 saturated heterocycles. The average Bonchev–Trinajstić information content (AvgIpc) is 3.09. The van der Waals surface area contributed by atoms with Crippen molar-refractivity contribution in [2.24, 2.45) is 0 Å². The molecule has 4 aromatic rings. The van der Waals surface area contributed by atoms with Gasteiger partial charge in [0.05, 0.1) is 24.8 Å². The molecule has 11 heteroatoms. The summed E-state index contributed by atoms with van der Waals surface area (Å²) in [6.07, 6.45) is 0.760. The van der Waals surface area contributed by atoms with E-state index in [0.29, 0.717) is 12.2 Å². The summed E-state index contributed by atoms with van der Waals surface area (Å²) >= 11 is 0. The number of carbonyl (C=O) groups excluding carboxylic acids is 2. The fourth-order valence-corrected chi connectivity index (χ4v) is 6.45. The summed E-state index contributed by atoms with van der Waals surface area (Å²) in [5.41, 5.74) is 1.07. The molecule has 0 spiro atoms. The molecular formula is C36H40FN3O6S. The van der Waals surface area contributed by atoms with E-state index in [9.17, 15) is 18.0 Å². The predicted molar refractivity (Wildman–Crippen MR) is 179 cm³/mol. The number of amides is 2. The first-order valence-corrected chi connectivity index (χ1v) is 16.7. The minimum Gasteiger partial charge on any atom is -0.497 e. The Morgan fingerprint density at radius 3 is 2.13 bits per heavy atom. The fraction of sp³-hybridized carbons (Fsp3) is 0.278. The van der Waals surface area contributed by atoms with Gasteiger partial charge in [-0.05, 0) is 61.4 Å². The summed E-state index contributed by atoms with van der Waals surface area (Å²) in [4.78, 5) is 29.6. The molecule has 0 radical (unpaired) electrons. The third kappa shape index (κ3) is 8.68. The highest BCUT2D eigenvalue weighted by atomic mass is 32.2. The highest BCUT2D eigenvalue weighted by Gasteiger charge is 2.36. The van der Waals surface area contributed by atoms with Crippen LogP contribution < -0.4 is 19.1 Å². The first-order chi connectivity index (χ1) is 22.6. The minimum atomic E-state index is -4.37. The van der Waals surface area contributed by atoms with Crippen LogP contribution in [0.4, 0.5) is 10.1 Å². The summed E-state index contributed by atoms with van der Waals surface area (Å²) < 4.78 is 55.3. The quantitative estimate of drug-likeness (QED) is 0.178. The van der Waals surface area contributed by atoms with Crippen LogP contribution in [0.15, 0.2) is 108 Å². The second-order valence-electron chi connectivity index (χ2n) is 11.0. The van der Waals surface area contributed by atoms with Crippen molar-refractivity contribution in [1.29, 1.82) is 0 Å². The predicted octanol–water partition coefficient (Wildman–Crippen LogP) is 5.59. The lowest BCUT2D eigenvalue weighted by Gasteiger charge is -2.34. The smallest absolute Gasteiger partial charge is 0.264 e. The number of para-hydroxylation sites is 2. The van der Waals surface area contributed by atoms with Crippen molar-refractivity contribution in [2.45, 2.75) is 50.2 Å². The van der Waals surface area contributed by atoms with Crippen LogP contribution in [-0.2, 0) is 32.6 Å². The van der Waals surface area contributed by atoms with Crippen LogP contribution in [0, 0.1) is 5.82 Å². The van der Waals surface area contributed by atoms with E-state index in [4.69, 9.17) is 9.47 Å². The number of hydrogen-bond acceptors (Lipinski definition) is 6. The van der Waals surface area contributed by atoms with Crippen molar-refractivity contribution in [1.82, 2.24) is 10.2 Å². The van der Waals surface area contributed by atoms with Gasteiger partial charge >= 0.3 is 0 Å². The summed E-state index contributed by atoms with van der Waals surface area (Å²) in [6.45, 7) is 2.80. The maximum atomic E-state index is 15.1. The zero-order valence-electron chi connectivity index (χ0n) is 26.9. The Bertz CT molecular complexity index is 1750. The molecule has 0 saturated carbocycles. The van der Waals surface area contributed by atoms with Gasteiger partial charge in [0, 0.05) is 24.6 Å². The SMILES string of the molecule is CC[C@H](C)NC(=O)[C@H](Cc1ccccc1)N(Cc1ccccc1F)C(=O)CN(c1ccccc1OC)S(=O)(=O)c1ccc(OC)cc1. The standard InChI is InChI=1S/C36H40FN3O6S/c1-5-26(2)38-36(42)33(23-27-13-7-6-8-14-27)39(24-28-15-9-10-16-31(28)37)35(41)25-40(32-17-11-12-18-34(32)46-4)47(43,44)30-21-19-29(45-3)20-22-30/h6-22,26,33H,5,23-25H2,1-4H3,(H,38,42)/t26-,33-/m0/s1. The number of rotatable bonds is 15. The summed E-state index contributed by atoms with van der Waals surface area (Å²) in [6, 6.07) is 26.1. The molecule has 4 aromatic carbocycles. The summed E-state index contributed by atoms with van der Waals surface area (Å²) in [5.74, 6) is -1.03. The van der Waals surface area contributed by atoms with Crippen molar-refractivity contribution >= 4 is 27.5 Å². The molecule has 0 aromatic heterocycles. The van der Waals surface area contributed by atoms with Crippen LogP contribution >= 0.6 is 0 Å². The second kappa shape index (κ2) is 16.1. The Hall–Kier alpha value is -4.90. The Morgan fingerprint density at radius 1 is 0.851 bits per heavy atom. The van der Waals surface area contributed by atoms with Gasteiger partial charge in [0.1, 0.15) is 29.9 Å². The number of halogens is 1. The molecule has 0 heterocycles. The van der Waals surface area contributed by atoms with Gasteiger partial charge in [-0.25, -0.2) is 12.8 Å². The molecule has 2 atom stereocenters. The van der Waals surface area contributed by atoms with Gasteiger partial charge in [-0.15, -0.1) is 0 Å². The average molecular weight is 662 g/mol. The van der Waals surface area contributed by atoms with E-state index in [2.05, 4.69) is 5.32 Å². The zero-order chi connectivity index (χ0) is 34.0. The van der Waals surface area contributed by atoms with Gasteiger partial charge in [-0.3, -0.25) is 13.9 Å². The van der Waals surface area contributed by atoms with Crippen molar-refractivity contribution in [3.8, 4) is 11.5 Å². The van der Waals surface area contributed by atoms with Crippen molar-refractivity contribution in [2.75, 3.05) is 25.1 Å². The van der Waals surface area contributed by atoms with Crippen LogP contribution in [0.25, 0.3) is 0 Å². The molecule has 1 N–H and O–H groups in total. The zero-order valence-corrected chi connectivity index (χ0v) is 27.7. The van der Waals surface area contributed by atoms with Gasteiger partial charge in [0.15, 0.2) is 0 Å². The van der Waals surface area contributed by atoms with E-state index >= 15 is 4.39 Å². The first kappa shape index (κ1) is 35.0. The molecule has 0 bridgehead atoms. The second-order valence-corrected chi connectivity index (χ2v) is 12.9. The molecule has 0 fully saturated rings. The van der Waals surface area contributed by atoms with E-state index in [1.54, 1.807) is 24.3 Å². The number of benzene rings is 4. The number of sulfonamides is 1. The van der Waals surface area contributed by atoms with Gasteiger partial charge in [0.25, 0.3) is 10.0 Å². The topological polar surface area (TPSA) is 105 Å². The van der Waals surface area contributed by atoms with E-state index in [0.717, 1.165) is 9.87 Å². The van der Waals surface area contributed by atoms with E-state index in [1.165, 1.54) is 67.7 Å². The normalized spacial score (nSPS) is 12.4. The lowest BCUT2D eigenvalue weighted by atomic mass is 10.0. The van der Waals surface area contributed by atoms with Crippen LogP contribution in [0.3, 0.4) is 0 Å². The molecule has 0 unspecified atom stereocenters. The molecule has 248 valence electrons. The molecule has 4 rings (SSSR count). The van der Waals surface area contributed by atoms with Gasteiger partial charge in [-0.2, -0.15) is 0 Å². The summed E-state index contributed by atoms with van der Waals surface area (Å²) in [7, 11) is -1.50. The summed E-state index contributed by atoms with van der Waals surface area (Å²) in [5, 5.41) is 2.97. The van der Waals surface area contributed by atoms with Gasteiger partial charge < -0.3 is 19.7 Å². The monoisotopic (exact) mass is 661 g/mol. The maximum absolute atomic E-state index is 15.1. The van der Waals surface area contributed by atoms with E-state index in [-0.39, 0.29) is 40.9 Å². The van der Waals surface area contributed by atoms with E-state index in [1.807, 2.05) is 44.2 Å². The molecule has 0 aliphatic carbocycles. The number of anilines is 1. The molecule has 2 amide bonds. The molecule has 47 heavy (non-hydrogen) atoms. The molecular weight excluding hydrogens is 621 g/mol. The van der Waals surface area contributed by atoms with Crippen LogP contribution in [-0.4, -0.2) is 58.0 Å². The maximum Gasteiger partial charge on any atom is 0.264 e. The van der Waals surface area contributed by atoms with Crippen molar-refractivity contribution in [3.63, 3.8) is 0 Å². The third-order valence-corrected chi connectivity index (χ3v) is 9.62. The lowest BCUT2D eigenvalue weighted by Crippen LogP contribution is -2.54. The Kier molecular flexibility index (Phi) is 12.0. The minimum absolute atomic E-state index is 0.0898. The Morgan fingerprint density at radius 2 is 1.49 bits per heavy atom. The van der Waals surface area contributed by atoms with E-state index < -0.39 is 40.2 Å². The lowest BCUT2D eigenvalue weighted by molar-refractivity contribution is -0.140.